The Hall–Kier alpha value is -1.22. The number of hydrogen-bond acceptors (Lipinski definition) is 3. The van der Waals surface area contributed by atoms with Crippen molar-refractivity contribution in [3.63, 3.8) is 0 Å². The van der Waals surface area contributed by atoms with Gasteiger partial charge in [0.25, 0.3) is 0 Å². The first-order valence-corrected chi connectivity index (χ1v) is 7.99. The smallest absolute Gasteiger partial charge is 0.165 e. The van der Waals surface area contributed by atoms with Gasteiger partial charge in [0, 0.05) is 17.6 Å². The Morgan fingerprint density at radius 2 is 1.86 bits per heavy atom. The minimum absolute atomic E-state index is 0.0790. The summed E-state index contributed by atoms with van der Waals surface area (Å²) in [6.45, 7) is 15.0. The van der Waals surface area contributed by atoms with Crippen LogP contribution in [-0.4, -0.2) is 18.8 Å². The fourth-order valence-electron chi connectivity index (χ4n) is 1.84. The van der Waals surface area contributed by atoms with Crippen molar-refractivity contribution in [2.75, 3.05) is 13.2 Å². The van der Waals surface area contributed by atoms with Crippen LogP contribution in [0.15, 0.2) is 18.2 Å². The van der Waals surface area contributed by atoms with Gasteiger partial charge >= 0.3 is 0 Å². The molecule has 0 radical (unpaired) electrons. The van der Waals surface area contributed by atoms with Gasteiger partial charge in [-0.3, -0.25) is 0 Å². The molecule has 0 amide bonds. The summed E-state index contributed by atoms with van der Waals surface area (Å²) in [5.74, 6) is 2.27. The Labute approximate surface area is 130 Å². The predicted octanol–water partition coefficient (Wildman–Crippen LogP) is 4.40. The van der Waals surface area contributed by atoms with Crippen LogP contribution in [0, 0.1) is 5.92 Å². The first-order valence-electron chi connectivity index (χ1n) is 7.99. The van der Waals surface area contributed by atoms with Gasteiger partial charge in [-0.15, -0.1) is 0 Å². The number of para-hydroxylation sites is 1. The van der Waals surface area contributed by atoms with Crippen LogP contribution in [0.2, 0.25) is 0 Å². The van der Waals surface area contributed by atoms with Gasteiger partial charge in [0.1, 0.15) is 0 Å². The lowest BCUT2D eigenvalue weighted by Crippen LogP contribution is -2.35. The molecule has 0 bridgehead atoms. The second-order valence-electron chi connectivity index (χ2n) is 6.61. The van der Waals surface area contributed by atoms with Gasteiger partial charge < -0.3 is 14.8 Å². The van der Waals surface area contributed by atoms with E-state index in [2.05, 4.69) is 46.0 Å². The average Bonchev–Trinajstić information content (AvgIpc) is 2.43. The lowest BCUT2D eigenvalue weighted by molar-refractivity contribution is 0.234. The highest BCUT2D eigenvalue weighted by molar-refractivity contribution is 5.46. The molecule has 0 aromatic heterocycles. The molecule has 1 rings (SSSR count). The quantitative estimate of drug-likeness (QED) is 0.770. The molecule has 0 spiro atoms. The van der Waals surface area contributed by atoms with Crippen LogP contribution >= 0.6 is 0 Å². The van der Waals surface area contributed by atoms with Crippen LogP contribution in [0.4, 0.5) is 0 Å². The third kappa shape index (κ3) is 6.38. The van der Waals surface area contributed by atoms with Gasteiger partial charge in [0.2, 0.25) is 0 Å². The molecule has 3 heteroatoms. The molecule has 0 aliphatic heterocycles. The fourth-order valence-corrected chi connectivity index (χ4v) is 1.84. The SMILES string of the molecule is CCOc1cccc(CNC(C)(C)C)c1OCC(C)CC. The molecule has 1 N–H and O–H groups in total. The minimum atomic E-state index is 0.0790. The van der Waals surface area contributed by atoms with Crippen molar-refractivity contribution in [3.05, 3.63) is 23.8 Å². The van der Waals surface area contributed by atoms with Gasteiger partial charge in [-0.2, -0.15) is 0 Å². The summed E-state index contributed by atoms with van der Waals surface area (Å²) in [6, 6.07) is 6.12. The van der Waals surface area contributed by atoms with Crippen LogP contribution in [0.3, 0.4) is 0 Å². The van der Waals surface area contributed by atoms with Crippen LogP contribution in [0.1, 0.15) is 53.5 Å². The van der Waals surface area contributed by atoms with Gasteiger partial charge in [-0.25, -0.2) is 0 Å². The molecule has 0 aliphatic rings. The highest BCUT2D eigenvalue weighted by Gasteiger charge is 2.15. The maximum Gasteiger partial charge on any atom is 0.165 e. The summed E-state index contributed by atoms with van der Waals surface area (Å²) in [7, 11) is 0. The lowest BCUT2D eigenvalue weighted by Gasteiger charge is -2.23. The molecule has 0 saturated carbocycles. The number of nitrogens with one attached hydrogen (secondary N) is 1. The number of rotatable bonds is 8. The van der Waals surface area contributed by atoms with Crippen molar-refractivity contribution in [2.45, 2.75) is 60.0 Å². The van der Waals surface area contributed by atoms with Crippen LogP contribution in [0.5, 0.6) is 11.5 Å². The molecule has 0 fully saturated rings. The third-order valence-electron chi connectivity index (χ3n) is 3.38. The van der Waals surface area contributed by atoms with E-state index in [0.29, 0.717) is 12.5 Å². The van der Waals surface area contributed by atoms with Crippen molar-refractivity contribution >= 4 is 0 Å². The van der Waals surface area contributed by atoms with E-state index in [1.54, 1.807) is 0 Å². The number of ether oxygens (including phenoxy) is 2. The summed E-state index contributed by atoms with van der Waals surface area (Å²) in [5, 5.41) is 3.51. The van der Waals surface area contributed by atoms with Crippen molar-refractivity contribution in [3.8, 4) is 11.5 Å². The summed E-state index contributed by atoms with van der Waals surface area (Å²) in [4.78, 5) is 0. The molecule has 1 atom stereocenters. The normalized spacial score (nSPS) is 13.0. The first kappa shape index (κ1) is 17.8. The van der Waals surface area contributed by atoms with Crippen molar-refractivity contribution < 1.29 is 9.47 Å². The molecular formula is C18H31NO2. The van der Waals surface area contributed by atoms with E-state index in [9.17, 15) is 0 Å². The van der Waals surface area contributed by atoms with Crippen LogP contribution in [-0.2, 0) is 6.54 Å². The summed E-state index contributed by atoms with van der Waals surface area (Å²) in [5.41, 5.74) is 1.23. The Balaban J connectivity index is 2.91. The molecular weight excluding hydrogens is 262 g/mol. The monoisotopic (exact) mass is 293 g/mol. The molecule has 3 nitrogen and oxygen atoms in total. The van der Waals surface area contributed by atoms with E-state index < -0.39 is 0 Å². The Morgan fingerprint density at radius 1 is 1.14 bits per heavy atom. The molecule has 1 aromatic rings. The van der Waals surface area contributed by atoms with Gasteiger partial charge in [0.05, 0.1) is 13.2 Å². The summed E-state index contributed by atoms with van der Waals surface area (Å²) >= 11 is 0. The second kappa shape index (κ2) is 8.28. The predicted molar refractivity (Wildman–Crippen MR) is 89.2 cm³/mol. The maximum absolute atomic E-state index is 6.07. The zero-order chi connectivity index (χ0) is 15.9. The molecule has 0 saturated heterocycles. The molecule has 120 valence electrons. The number of benzene rings is 1. The van der Waals surface area contributed by atoms with Crippen molar-refractivity contribution in [1.29, 1.82) is 0 Å². The van der Waals surface area contributed by atoms with Crippen LogP contribution in [0.25, 0.3) is 0 Å². The van der Waals surface area contributed by atoms with Crippen LogP contribution < -0.4 is 14.8 Å². The van der Waals surface area contributed by atoms with E-state index in [0.717, 1.165) is 36.6 Å². The van der Waals surface area contributed by atoms with Gasteiger partial charge in [-0.05, 0) is 39.7 Å². The molecule has 1 unspecified atom stereocenters. The van der Waals surface area contributed by atoms with E-state index >= 15 is 0 Å². The van der Waals surface area contributed by atoms with E-state index in [1.807, 2.05) is 19.1 Å². The van der Waals surface area contributed by atoms with Gasteiger partial charge in [0.15, 0.2) is 11.5 Å². The molecule has 21 heavy (non-hydrogen) atoms. The largest absolute Gasteiger partial charge is 0.490 e. The van der Waals surface area contributed by atoms with Crippen molar-refractivity contribution in [1.82, 2.24) is 5.32 Å². The fraction of sp³-hybridized carbons (Fsp3) is 0.667. The van der Waals surface area contributed by atoms with Crippen molar-refractivity contribution in [2.24, 2.45) is 5.92 Å². The summed E-state index contributed by atoms with van der Waals surface area (Å²) in [6.07, 6.45) is 1.12. The van der Waals surface area contributed by atoms with E-state index in [4.69, 9.17) is 9.47 Å². The third-order valence-corrected chi connectivity index (χ3v) is 3.38. The molecule has 0 heterocycles. The Bertz CT molecular complexity index is 424. The topological polar surface area (TPSA) is 30.5 Å². The summed E-state index contributed by atoms with van der Waals surface area (Å²) < 4.78 is 11.8. The Morgan fingerprint density at radius 3 is 2.43 bits per heavy atom. The zero-order valence-corrected chi connectivity index (χ0v) is 14.5. The minimum Gasteiger partial charge on any atom is -0.490 e. The van der Waals surface area contributed by atoms with E-state index in [-0.39, 0.29) is 5.54 Å². The first-order chi connectivity index (χ1) is 9.87. The Kier molecular flexibility index (Phi) is 7.03. The lowest BCUT2D eigenvalue weighted by atomic mass is 10.1. The standard InChI is InChI=1S/C18H31NO2/c1-7-14(3)13-21-17-15(12-19-18(4,5)6)10-9-11-16(17)20-8-2/h9-11,14,19H,7-8,12-13H2,1-6H3. The number of hydrogen-bond donors (Lipinski definition) is 1. The zero-order valence-electron chi connectivity index (χ0n) is 14.5. The average molecular weight is 293 g/mol. The second-order valence-corrected chi connectivity index (χ2v) is 6.61. The highest BCUT2D eigenvalue weighted by atomic mass is 16.5. The highest BCUT2D eigenvalue weighted by Crippen LogP contribution is 2.32. The van der Waals surface area contributed by atoms with Gasteiger partial charge in [-0.1, -0.05) is 32.4 Å². The molecule has 1 aromatic carbocycles. The maximum atomic E-state index is 6.07. The van der Waals surface area contributed by atoms with E-state index in [1.165, 1.54) is 0 Å². The molecule has 0 aliphatic carbocycles.